The van der Waals surface area contributed by atoms with Crippen molar-refractivity contribution >= 4 is 27.5 Å². The van der Waals surface area contributed by atoms with Gasteiger partial charge in [-0.25, -0.2) is 8.42 Å². The van der Waals surface area contributed by atoms with Crippen LogP contribution < -0.4 is 0 Å². The number of sulfonamides is 1. The second kappa shape index (κ2) is 7.09. The average molecular weight is 271 g/mol. The topological polar surface area (TPSA) is 57.7 Å². The molecule has 0 aromatic carbocycles. The van der Waals surface area contributed by atoms with E-state index in [4.69, 9.17) is 11.6 Å². The number of hydrogen-bond acceptors (Lipinski definition) is 3. The lowest BCUT2D eigenvalue weighted by Gasteiger charge is -2.21. The van der Waals surface area contributed by atoms with Crippen molar-refractivity contribution in [3.05, 3.63) is 0 Å². The summed E-state index contributed by atoms with van der Waals surface area (Å²) in [7, 11) is -0.164. The summed E-state index contributed by atoms with van der Waals surface area (Å²) in [6.45, 7) is 1.90. The van der Waals surface area contributed by atoms with E-state index in [-0.39, 0.29) is 18.2 Å². The van der Waals surface area contributed by atoms with Gasteiger partial charge in [0.25, 0.3) is 0 Å². The third kappa shape index (κ3) is 5.14. The number of alkyl halides is 1. The molecule has 5 nitrogen and oxygen atoms in total. The summed E-state index contributed by atoms with van der Waals surface area (Å²) in [6.07, 6.45) is 0.399. The molecule has 7 heteroatoms. The Kier molecular flexibility index (Phi) is 6.94. The van der Waals surface area contributed by atoms with Crippen LogP contribution >= 0.6 is 11.6 Å². The largest absolute Gasteiger partial charge is 0.348 e. The number of carbonyl (C=O) groups excluding carboxylic acids is 1. The van der Waals surface area contributed by atoms with E-state index in [1.165, 1.54) is 9.21 Å². The molecule has 0 saturated heterocycles. The van der Waals surface area contributed by atoms with Crippen LogP contribution in [0.25, 0.3) is 0 Å². The first-order chi connectivity index (χ1) is 7.35. The first-order valence-corrected chi connectivity index (χ1v) is 7.23. The van der Waals surface area contributed by atoms with E-state index in [0.717, 1.165) is 0 Å². The van der Waals surface area contributed by atoms with Gasteiger partial charge in [-0.05, 0) is 6.42 Å². The van der Waals surface area contributed by atoms with Crippen molar-refractivity contribution in [3.63, 3.8) is 0 Å². The Bertz CT molecular complexity index is 317. The predicted molar refractivity (Wildman–Crippen MR) is 65.1 cm³/mol. The summed E-state index contributed by atoms with van der Waals surface area (Å²) in [6, 6.07) is 0. The lowest BCUT2D eigenvalue weighted by Crippen LogP contribution is -2.41. The van der Waals surface area contributed by atoms with Gasteiger partial charge in [-0.15, -0.1) is 11.6 Å². The maximum atomic E-state index is 11.8. The van der Waals surface area contributed by atoms with Crippen LogP contribution in [0.1, 0.15) is 13.3 Å². The number of amides is 1. The van der Waals surface area contributed by atoms with E-state index in [1.807, 2.05) is 0 Å². The normalized spacial score (nSPS) is 11.8. The zero-order valence-electron chi connectivity index (χ0n) is 9.94. The fourth-order valence-electron chi connectivity index (χ4n) is 1.07. The molecule has 1 amide bonds. The predicted octanol–water partition coefficient (Wildman–Crippen LogP) is 0.355. The van der Waals surface area contributed by atoms with Crippen LogP contribution in [-0.2, 0) is 14.8 Å². The third-order valence-electron chi connectivity index (χ3n) is 2.09. The number of carbonyl (C=O) groups is 1. The molecule has 0 radical (unpaired) electrons. The molecule has 0 unspecified atom stereocenters. The van der Waals surface area contributed by atoms with Crippen molar-refractivity contribution in [1.29, 1.82) is 0 Å². The zero-order valence-corrected chi connectivity index (χ0v) is 11.5. The summed E-state index contributed by atoms with van der Waals surface area (Å²) in [5.41, 5.74) is 0. The van der Waals surface area contributed by atoms with Crippen molar-refractivity contribution in [1.82, 2.24) is 9.21 Å². The molecule has 16 heavy (non-hydrogen) atoms. The minimum absolute atomic E-state index is 0.00888. The van der Waals surface area contributed by atoms with Crippen LogP contribution in [0.3, 0.4) is 0 Å². The second-order valence-electron chi connectivity index (χ2n) is 3.57. The molecule has 0 aromatic heterocycles. The number of halogens is 1. The SMILES string of the molecule is CCN(CC(=O)N(C)C)S(=O)(=O)CCCCl. The van der Waals surface area contributed by atoms with E-state index in [2.05, 4.69) is 0 Å². The minimum atomic E-state index is -3.36. The van der Waals surface area contributed by atoms with Gasteiger partial charge in [-0.1, -0.05) is 6.92 Å². The van der Waals surface area contributed by atoms with Gasteiger partial charge in [0.15, 0.2) is 0 Å². The molecular weight excluding hydrogens is 252 g/mol. The van der Waals surface area contributed by atoms with E-state index < -0.39 is 10.0 Å². The molecule has 0 fully saturated rings. The summed E-state index contributed by atoms with van der Waals surface area (Å²) in [4.78, 5) is 12.8. The molecule has 0 N–H and O–H groups in total. The molecule has 0 saturated carbocycles. The summed E-state index contributed by atoms with van der Waals surface area (Å²) < 4.78 is 24.7. The maximum Gasteiger partial charge on any atom is 0.237 e. The quantitative estimate of drug-likeness (QED) is 0.628. The molecule has 0 aliphatic heterocycles. The lowest BCUT2D eigenvalue weighted by atomic mass is 10.5. The van der Waals surface area contributed by atoms with Gasteiger partial charge >= 0.3 is 0 Å². The molecule has 0 rings (SSSR count). The van der Waals surface area contributed by atoms with Crippen LogP contribution in [0.5, 0.6) is 0 Å². The fraction of sp³-hybridized carbons (Fsp3) is 0.889. The van der Waals surface area contributed by atoms with Crippen molar-refractivity contribution < 1.29 is 13.2 Å². The van der Waals surface area contributed by atoms with Gasteiger partial charge in [0.05, 0.1) is 12.3 Å². The summed E-state index contributed by atoms with van der Waals surface area (Å²) in [5.74, 6) is 0.0694. The number of hydrogen-bond donors (Lipinski definition) is 0. The van der Waals surface area contributed by atoms with Crippen LogP contribution in [0, 0.1) is 0 Å². The fourth-order valence-corrected chi connectivity index (χ4v) is 2.83. The molecule has 0 bridgehead atoms. The number of rotatable bonds is 7. The van der Waals surface area contributed by atoms with Crippen molar-refractivity contribution in [2.75, 3.05) is 38.8 Å². The highest BCUT2D eigenvalue weighted by Gasteiger charge is 2.22. The second-order valence-corrected chi connectivity index (χ2v) is 6.04. The zero-order chi connectivity index (χ0) is 12.8. The lowest BCUT2D eigenvalue weighted by molar-refractivity contribution is -0.128. The van der Waals surface area contributed by atoms with E-state index in [0.29, 0.717) is 18.8 Å². The first-order valence-electron chi connectivity index (χ1n) is 5.09. The molecule has 0 atom stereocenters. The Labute approximate surface area is 102 Å². The van der Waals surface area contributed by atoms with Gasteiger partial charge in [0.2, 0.25) is 15.9 Å². The molecule has 96 valence electrons. The Balaban J connectivity index is 4.54. The van der Waals surface area contributed by atoms with Gasteiger partial charge in [0.1, 0.15) is 0 Å². The highest BCUT2D eigenvalue weighted by molar-refractivity contribution is 7.89. The van der Waals surface area contributed by atoms with Gasteiger partial charge in [0, 0.05) is 26.5 Å². The molecule has 0 aliphatic carbocycles. The molecular formula is C9H19ClN2O3S. The van der Waals surface area contributed by atoms with Gasteiger partial charge in [-0.3, -0.25) is 4.79 Å². The van der Waals surface area contributed by atoms with Crippen LogP contribution in [0.15, 0.2) is 0 Å². The third-order valence-corrected chi connectivity index (χ3v) is 4.34. The Hall–Kier alpha value is -0.330. The highest BCUT2D eigenvalue weighted by Crippen LogP contribution is 2.04. The van der Waals surface area contributed by atoms with Crippen molar-refractivity contribution in [3.8, 4) is 0 Å². The highest BCUT2D eigenvalue weighted by atomic mass is 35.5. The van der Waals surface area contributed by atoms with E-state index in [1.54, 1.807) is 21.0 Å². The molecule has 0 heterocycles. The van der Waals surface area contributed by atoms with Gasteiger partial charge in [-0.2, -0.15) is 4.31 Å². The summed E-state index contributed by atoms with van der Waals surface area (Å²) >= 11 is 5.45. The maximum absolute atomic E-state index is 11.8. The molecule has 0 aliphatic rings. The van der Waals surface area contributed by atoms with Crippen LogP contribution in [0.4, 0.5) is 0 Å². The molecule has 0 aromatic rings. The number of likely N-dealkylation sites (N-methyl/N-ethyl adjacent to an activating group) is 2. The van der Waals surface area contributed by atoms with Crippen LogP contribution in [0.2, 0.25) is 0 Å². The average Bonchev–Trinajstić information content (AvgIpc) is 2.22. The Morgan fingerprint density at radius 1 is 1.31 bits per heavy atom. The minimum Gasteiger partial charge on any atom is -0.348 e. The van der Waals surface area contributed by atoms with Crippen LogP contribution in [-0.4, -0.2) is 62.3 Å². The first kappa shape index (κ1) is 15.7. The smallest absolute Gasteiger partial charge is 0.237 e. The van der Waals surface area contributed by atoms with E-state index in [9.17, 15) is 13.2 Å². The van der Waals surface area contributed by atoms with Gasteiger partial charge < -0.3 is 4.90 Å². The number of nitrogens with zero attached hydrogens (tertiary/aromatic N) is 2. The summed E-state index contributed by atoms with van der Waals surface area (Å²) in [5, 5.41) is 0. The standard InChI is InChI=1S/C9H19ClN2O3S/c1-4-12(8-9(13)11(2)3)16(14,15)7-5-6-10/h4-8H2,1-3H3. The van der Waals surface area contributed by atoms with Crippen molar-refractivity contribution in [2.24, 2.45) is 0 Å². The van der Waals surface area contributed by atoms with E-state index >= 15 is 0 Å². The Morgan fingerprint density at radius 3 is 2.25 bits per heavy atom. The monoisotopic (exact) mass is 270 g/mol. The van der Waals surface area contributed by atoms with Crippen molar-refractivity contribution in [2.45, 2.75) is 13.3 Å². The Morgan fingerprint density at radius 2 is 1.88 bits per heavy atom. The molecule has 0 spiro atoms.